The molecule has 150 valence electrons. The summed E-state index contributed by atoms with van der Waals surface area (Å²) in [4.78, 5) is 13.3. The third kappa shape index (κ3) is 3.24. The van der Waals surface area contributed by atoms with E-state index in [4.69, 9.17) is 5.10 Å². The normalized spacial score (nSPS) is 32.0. The van der Waals surface area contributed by atoms with Gasteiger partial charge in [-0.25, -0.2) is 0 Å². The Morgan fingerprint density at radius 2 is 1.86 bits per heavy atom. The molecule has 28 heavy (non-hydrogen) atoms. The largest absolute Gasteiger partial charge is 0.393 e. The van der Waals surface area contributed by atoms with E-state index in [0.29, 0.717) is 5.69 Å². The molecule has 0 spiro atoms. The van der Waals surface area contributed by atoms with E-state index in [2.05, 4.69) is 5.32 Å². The van der Waals surface area contributed by atoms with Crippen LogP contribution in [0, 0.1) is 17.8 Å². The lowest BCUT2D eigenvalue weighted by Crippen LogP contribution is -2.59. The van der Waals surface area contributed by atoms with Crippen LogP contribution >= 0.6 is 0 Å². The van der Waals surface area contributed by atoms with Crippen molar-refractivity contribution >= 4 is 16.8 Å². The van der Waals surface area contributed by atoms with Gasteiger partial charge in [0.2, 0.25) is 0 Å². The topological polar surface area (TPSA) is 67.1 Å². The number of nitrogens with one attached hydrogen (secondary N) is 1. The van der Waals surface area contributed by atoms with E-state index in [0.717, 1.165) is 67.3 Å². The summed E-state index contributed by atoms with van der Waals surface area (Å²) < 4.78 is 1.94. The highest BCUT2D eigenvalue weighted by atomic mass is 16.3. The standard InChI is InChI=1S/C23H31N3O2/c1-15(27)5-4-8-26-20-7-3-2-6-19(20)21(25-26)22(28)24-23-12-16-9-17(13-23)11-18(10-16)14-23/h2-3,6-7,15-18,27H,4-5,8-14H2,1H3,(H,24,28). The number of carbonyl (C=O) groups excluding carboxylic acids is 1. The smallest absolute Gasteiger partial charge is 0.272 e. The predicted octanol–water partition coefficient (Wildman–Crippen LogP) is 3.90. The molecule has 4 saturated carbocycles. The minimum absolute atomic E-state index is 0.00301. The van der Waals surface area contributed by atoms with Crippen molar-refractivity contribution < 1.29 is 9.90 Å². The molecule has 4 fully saturated rings. The highest BCUT2D eigenvalue weighted by Gasteiger charge is 2.51. The van der Waals surface area contributed by atoms with Gasteiger partial charge >= 0.3 is 0 Å². The molecule has 1 heterocycles. The van der Waals surface area contributed by atoms with E-state index in [1.807, 2.05) is 35.9 Å². The highest BCUT2D eigenvalue weighted by Crippen LogP contribution is 2.55. The van der Waals surface area contributed by atoms with E-state index in [1.54, 1.807) is 0 Å². The summed E-state index contributed by atoms with van der Waals surface area (Å²) >= 11 is 0. The van der Waals surface area contributed by atoms with Crippen LogP contribution in [0.15, 0.2) is 24.3 Å². The first-order valence-electron chi connectivity index (χ1n) is 11.0. The number of nitrogens with zero attached hydrogens (tertiary/aromatic N) is 2. The van der Waals surface area contributed by atoms with Crippen molar-refractivity contribution in [2.45, 2.75) is 76.5 Å². The van der Waals surface area contributed by atoms with Gasteiger partial charge in [-0.3, -0.25) is 9.48 Å². The van der Waals surface area contributed by atoms with Crippen LogP contribution in [0.3, 0.4) is 0 Å². The first-order chi connectivity index (χ1) is 13.5. The molecule has 1 atom stereocenters. The first kappa shape index (κ1) is 18.2. The highest BCUT2D eigenvalue weighted by molar-refractivity contribution is 6.05. The van der Waals surface area contributed by atoms with Gasteiger partial charge in [0, 0.05) is 17.5 Å². The molecule has 5 nitrogen and oxygen atoms in total. The van der Waals surface area contributed by atoms with Crippen molar-refractivity contribution in [1.82, 2.24) is 15.1 Å². The number of aliphatic hydroxyl groups is 1. The lowest BCUT2D eigenvalue weighted by Gasteiger charge is -2.56. The zero-order valence-corrected chi connectivity index (χ0v) is 16.7. The van der Waals surface area contributed by atoms with Crippen molar-refractivity contribution in [1.29, 1.82) is 0 Å². The number of fused-ring (bicyclic) bond motifs is 1. The fraction of sp³-hybridized carbons (Fsp3) is 0.652. The van der Waals surface area contributed by atoms with Crippen LogP contribution < -0.4 is 5.32 Å². The van der Waals surface area contributed by atoms with Crippen LogP contribution in [0.1, 0.15) is 68.8 Å². The summed E-state index contributed by atoms with van der Waals surface area (Å²) in [5.41, 5.74) is 1.57. The number of para-hydroxylation sites is 1. The van der Waals surface area contributed by atoms with E-state index < -0.39 is 0 Å². The average Bonchev–Trinajstić information content (AvgIpc) is 2.99. The Bertz CT molecular complexity index is 850. The van der Waals surface area contributed by atoms with Crippen LogP contribution in [0.2, 0.25) is 0 Å². The van der Waals surface area contributed by atoms with Gasteiger partial charge in [0.05, 0.1) is 11.6 Å². The summed E-state index contributed by atoms with van der Waals surface area (Å²) in [6.07, 6.45) is 8.85. The summed E-state index contributed by atoms with van der Waals surface area (Å²) in [6, 6.07) is 8.01. The number of aryl methyl sites for hydroxylation is 1. The zero-order valence-electron chi connectivity index (χ0n) is 16.7. The Labute approximate surface area is 166 Å². The van der Waals surface area contributed by atoms with E-state index >= 15 is 0 Å². The predicted molar refractivity (Wildman–Crippen MR) is 109 cm³/mol. The molecule has 1 aromatic heterocycles. The van der Waals surface area contributed by atoms with Crippen molar-refractivity contribution in [2.75, 3.05) is 0 Å². The maximum atomic E-state index is 13.3. The van der Waals surface area contributed by atoms with Crippen LogP contribution in [0.4, 0.5) is 0 Å². The Kier molecular flexibility index (Phi) is 4.46. The molecule has 0 saturated heterocycles. The lowest BCUT2D eigenvalue weighted by atomic mass is 9.53. The Hall–Kier alpha value is -1.88. The summed E-state index contributed by atoms with van der Waals surface area (Å²) in [5, 5.41) is 18.6. The Morgan fingerprint density at radius 3 is 2.50 bits per heavy atom. The van der Waals surface area contributed by atoms with Crippen LogP contribution in [0.5, 0.6) is 0 Å². The van der Waals surface area contributed by atoms with E-state index in [-0.39, 0.29) is 17.6 Å². The van der Waals surface area contributed by atoms with Gasteiger partial charge in [-0.15, -0.1) is 0 Å². The zero-order chi connectivity index (χ0) is 19.3. The van der Waals surface area contributed by atoms with Gasteiger partial charge in [-0.05, 0) is 82.1 Å². The molecule has 4 aliphatic carbocycles. The molecule has 2 N–H and O–H groups in total. The number of aromatic nitrogens is 2. The average molecular weight is 382 g/mol. The lowest BCUT2D eigenvalue weighted by molar-refractivity contribution is -0.0167. The fourth-order valence-corrected chi connectivity index (χ4v) is 6.57. The van der Waals surface area contributed by atoms with Gasteiger partial charge in [-0.2, -0.15) is 5.10 Å². The SMILES string of the molecule is CC(O)CCCn1nc(C(=O)NC23CC4CC(CC(C4)C2)C3)c2ccccc21. The molecule has 0 radical (unpaired) electrons. The second-order valence-electron chi connectivity index (χ2n) is 9.73. The number of rotatable bonds is 6. The maximum Gasteiger partial charge on any atom is 0.272 e. The summed E-state index contributed by atoms with van der Waals surface area (Å²) in [5.74, 6) is 2.41. The molecular formula is C23H31N3O2. The molecule has 4 aliphatic rings. The molecule has 4 bridgehead atoms. The van der Waals surface area contributed by atoms with Crippen LogP contribution in [-0.2, 0) is 6.54 Å². The van der Waals surface area contributed by atoms with E-state index in [9.17, 15) is 9.90 Å². The minimum atomic E-state index is -0.305. The molecule has 5 heteroatoms. The Balaban J connectivity index is 1.39. The minimum Gasteiger partial charge on any atom is -0.393 e. The van der Waals surface area contributed by atoms with Crippen LogP contribution in [0.25, 0.3) is 10.9 Å². The molecule has 2 aromatic rings. The van der Waals surface area contributed by atoms with Gasteiger partial charge < -0.3 is 10.4 Å². The summed E-state index contributed by atoms with van der Waals surface area (Å²) in [6.45, 7) is 2.53. The molecular weight excluding hydrogens is 350 g/mol. The molecule has 6 rings (SSSR count). The Morgan fingerprint density at radius 1 is 1.21 bits per heavy atom. The first-order valence-corrected chi connectivity index (χ1v) is 11.0. The molecule has 0 aliphatic heterocycles. The van der Waals surface area contributed by atoms with Crippen LogP contribution in [-0.4, -0.2) is 32.4 Å². The second-order valence-corrected chi connectivity index (χ2v) is 9.73. The monoisotopic (exact) mass is 381 g/mol. The van der Waals surface area contributed by atoms with E-state index in [1.165, 1.54) is 19.3 Å². The van der Waals surface area contributed by atoms with Gasteiger partial charge in [0.1, 0.15) is 0 Å². The van der Waals surface area contributed by atoms with Crippen molar-refractivity contribution in [3.8, 4) is 0 Å². The molecule has 1 amide bonds. The molecule has 1 unspecified atom stereocenters. The number of aliphatic hydroxyl groups excluding tert-OH is 1. The molecule has 1 aromatic carbocycles. The number of carbonyl (C=O) groups is 1. The second kappa shape index (κ2) is 6.87. The third-order valence-electron chi connectivity index (χ3n) is 7.28. The summed E-state index contributed by atoms with van der Waals surface area (Å²) in [7, 11) is 0. The van der Waals surface area contributed by atoms with Crippen molar-refractivity contribution in [3.63, 3.8) is 0 Å². The number of hydrogen-bond acceptors (Lipinski definition) is 3. The number of amides is 1. The quantitative estimate of drug-likeness (QED) is 0.798. The van der Waals surface area contributed by atoms with Gasteiger partial charge in [0.25, 0.3) is 5.91 Å². The fourth-order valence-electron chi connectivity index (χ4n) is 6.57. The maximum absolute atomic E-state index is 13.3. The number of hydrogen-bond donors (Lipinski definition) is 2. The third-order valence-corrected chi connectivity index (χ3v) is 7.28. The van der Waals surface area contributed by atoms with Crippen molar-refractivity contribution in [2.24, 2.45) is 17.8 Å². The number of benzene rings is 1. The van der Waals surface area contributed by atoms with Gasteiger partial charge in [0.15, 0.2) is 5.69 Å². The van der Waals surface area contributed by atoms with Gasteiger partial charge in [-0.1, -0.05) is 18.2 Å². The van der Waals surface area contributed by atoms with Crippen molar-refractivity contribution in [3.05, 3.63) is 30.0 Å².